The van der Waals surface area contributed by atoms with Crippen LogP contribution in [0, 0.1) is 0 Å². The lowest BCUT2D eigenvalue weighted by molar-refractivity contribution is 0.145. The van der Waals surface area contributed by atoms with Crippen LogP contribution in [0.1, 0.15) is 0 Å². The lowest BCUT2D eigenvalue weighted by Gasteiger charge is -2.20. The number of ether oxygens (including phenoxy) is 4. The molecule has 0 saturated carbocycles. The second-order valence-electron chi connectivity index (χ2n) is 8.57. The molecular weight excluding hydrogens is 553 g/mol. The van der Waals surface area contributed by atoms with Crippen molar-refractivity contribution in [2.45, 2.75) is 31.5 Å². The monoisotopic (exact) mass is 590 g/mol. The van der Waals surface area contributed by atoms with Crippen LogP contribution in [0.2, 0.25) is 0 Å². The Morgan fingerprint density at radius 2 is 0.939 bits per heavy atom. The van der Waals surface area contributed by atoms with Crippen LogP contribution < -0.4 is 0 Å². The highest BCUT2D eigenvalue weighted by atomic mass is 32.2. The molecule has 4 aliphatic heterocycles. The van der Waals surface area contributed by atoms with Gasteiger partial charge in [0.15, 0.2) is 0 Å². The van der Waals surface area contributed by atoms with Crippen molar-refractivity contribution in [3.05, 3.63) is 0 Å². The predicted molar refractivity (Wildman–Crippen MR) is 158 cm³/mol. The maximum Gasteiger partial charge on any atom is 0.0593 e. The maximum atomic E-state index is 6.05. The normalized spacial score (nSPS) is 29.1. The fourth-order valence-electron chi connectivity index (χ4n) is 2.92. The van der Waals surface area contributed by atoms with Gasteiger partial charge >= 0.3 is 0 Å². The van der Waals surface area contributed by atoms with Gasteiger partial charge in [0.1, 0.15) is 0 Å². The van der Waals surface area contributed by atoms with Gasteiger partial charge in [0.25, 0.3) is 0 Å². The molecule has 6 unspecified atom stereocenters. The lowest BCUT2D eigenvalue weighted by atomic mass is 10.5. The van der Waals surface area contributed by atoms with Gasteiger partial charge < -0.3 is 18.9 Å². The zero-order chi connectivity index (χ0) is 22.6. The van der Waals surface area contributed by atoms with Gasteiger partial charge in [-0.25, -0.2) is 0 Å². The molecule has 0 aromatic carbocycles. The van der Waals surface area contributed by atoms with E-state index in [-0.39, 0.29) is 0 Å². The Morgan fingerprint density at radius 1 is 0.576 bits per heavy atom. The van der Waals surface area contributed by atoms with E-state index in [0.29, 0.717) is 10.5 Å². The first-order chi connectivity index (χ1) is 16.3. The molecule has 33 heavy (non-hydrogen) atoms. The first-order valence-electron chi connectivity index (χ1n) is 11.9. The van der Waals surface area contributed by atoms with Gasteiger partial charge in [-0.3, -0.25) is 0 Å². The molecule has 0 aromatic rings. The quantitative estimate of drug-likeness (QED) is 0.118. The van der Waals surface area contributed by atoms with E-state index in [2.05, 4.69) is 11.8 Å². The molecule has 4 rings (SSSR count). The van der Waals surface area contributed by atoms with Crippen LogP contribution in [0.25, 0.3) is 0 Å². The summed E-state index contributed by atoms with van der Waals surface area (Å²) in [6.45, 7) is 7.18. The third kappa shape index (κ3) is 15.3. The number of hydrogen-bond acceptors (Lipinski definition) is 11. The molecule has 11 heteroatoms. The molecule has 0 bridgehead atoms. The summed E-state index contributed by atoms with van der Waals surface area (Å²) in [5.74, 6) is 9.56. The van der Waals surface area contributed by atoms with E-state index in [4.69, 9.17) is 18.9 Å². The minimum atomic E-state index is 0.548. The standard InChI is InChI=1S/C22H38O4S7/c1(23-5-19-13-30-19)3-28-17(7-25-9-21-15-32-21)11-27-12-18(8-26-10-22-16-33-22)29-4-2-24-6-20-14-31-20/h17-22H,1-16H2. The molecule has 0 aliphatic carbocycles. The summed E-state index contributed by atoms with van der Waals surface area (Å²) in [7, 11) is 0. The van der Waals surface area contributed by atoms with Crippen molar-refractivity contribution in [1.82, 2.24) is 0 Å². The summed E-state index contributed by atoms with van der Waals surface area (Å²) in [5.41, 5.74) is 0. The van der Waals surface area contributed by atoms with Crippen molar-refractivity contribution in [2.24, 2.45) is 0 Å². The summed E-state index contributed by atoms with van der Waals surface area (Å²) in [4.78, 5) is 0. The van der Waals surface area contributed by atoms with Crippen molar-refractivity contribution in [1.29, 1.82) is 0 Å². The first kappa shape index (κ1) is 28.3. The largest absolute Gasteiger partial charge is 0.379 e. The molecule has 0 spiro atoms. The molecule has 192 valence electrons. The predicted octanol–water partition coefficient (Wildman–Crippen LogP) is 4.45. The molecule has 4 saturated heterocycles. The summed E-state index contributed by atoms with van der Waals surface area (Å²) >= 11 is 14.2. The molecule has 0 aromatic heterocycles. The van der Waals surface area contributed by atoms with Crippen LogP contribution in [0.3, 0.4) is 0 Å². The minimum absolute atomic E-state index is 0.548. The van der Waals surface area contributed by atoms with Gasteiger partial charge in [0.2, 0.25) is 0 Å². The Labute approximate surface area is 230 Å². The Balaban J connectivity index is 1.09. The Hall–Kier alpha value is 2.29. The topological polar surface area (TPSA) is 36.9 Å². The molecular formula is C22H38O4S7. The van der Waals surface area contributed by atoms with Crippen molar-refractivity contribution in [3.63, 3.8) is 0 Å². The number of rotatable bonds is 24. The van der Waals surface area contributed by atoms with E-state index in [0.717, 1.165) is 96.9 Å². The average molecular weight is 591 g/mol. The smallest absolute Gasteiger partial charge is 0.0593 e. The molecule has 0 N–H and O–H groups in total. The van der Waals surface area contributed by atoms with Crippen molar-refractivity contribution >= 4 is 82.3 Å². The molecule has 0 radical (unpaired) electrons. The highest BCUT2D eigenvalue weighted by molar-refractivity contribution is 8.07. The summed E-state index contributed by atoms with van der Waals surface area (Å²) < 4.78 is 23.7. The summed E-state index contributed by atoms with van der Waals surface area (Å²) in [5, 5.41) is 4.15. The Kier molecular flexibility index (Phi) is 14.6. The van der Waals surface area contributed by atoms with E-state index >= 15 is 0 Å². The van der Waals surface area contributed by atoms with Crippen LogP contribution in [0.15, 0.2) is 0 Å². The Morgan fingerprint density at radius 3 is 1.30 bits per heavy atom. The van der Waals surface area contributed by atoms with Gasteiger partial charge in [-0.05, 0) is 0 Å². The van der Waals surface area contributed by atoms with E-state index < -0.39 is 0 Å². The van der Waals surface area contributed by atoms with Crippen LogP contribution in [0.4, 0.5) is 0 Å². The third-order valence-corrected chi connectivity index (χ3v) is 13.0. The van der Waals surface area contributed by atoms with E-state index in [1.807, 2.05) is 70.6 Å². The maximum absolute atomic E-state index is 6.05. The zero-order valence-corrected chi connectivity index (χ0v) is 25.0. The van der Waals surface area contributed by atoms with Crippen molar-refractivity contribution < 1.29 is 18.9 Å². The first-order valence-corrected chi connectivity index (χ1v) is 19.4. The molecule has 6 atom stereocenters. The minimum Gasteiger partial charge on any atom is -0.379 e. The summed E-state index contributed by atoms with van der Waals surface area (Å²) in [6, 6.07) is 0. The highest BCUT2D eigenvalue weighted by Crippen LogP contribution is 2.32. The zero-order valence-electron chi connectivity index (χ0n) is 19.3. The van der Waals surface area contributed by atoms with Crippen LogP contribution in [-0.2, 0) is 18.9 Å². The summed E-state index contributed by atoms with van der Waals surface area (Å²) in [6.07, 6.45) is 0. The molecule has 4 nitrogen and oxygen atoms in total. The van der Waals surface area contributed by atoms with E-state index in [9.17, 15) is 0 Å². The van der Waals surface area contributed by atoms with Gasteiger partial charge in [0.05, 0.1) is 52.9 Å². The van der Waals surface area contributed by atoms with Gasteiger partial charge in [-0.2, -0.15) is 82.3 Å². The third-order valence-electron chi connectivity index (χ3n) is 5.20. The Bertz CT molecular complexity index is 475. The lowest BCUT2D eigenvalue weighted by Crippen LogP contribution is -2.22. The van der Waals surface area contributed by atoms with Gasteiger partial charge in [-0.1, -0.05) is 0 Å². The molecule has 0 amide bonds. The van der Waals surface area contributed by atoms with Gasteiger partial charge in [-0.15, -0.1) is 0 Å². The van der Waals surface area contributed by atoms with E-state index in [1.165, 1.54) is 23.0 Å². The van der Waals surface area contributed by atoms with Gasteiger partial charge in [0, 0.05) is 77.5 Å². The van der Waals surface area contributed by atoms with Crippen LogP contribution in [0.5, 0.6) is 0 Å². The average Bonchev–Trinajstić information content (AvgIpc) is 3.62. The number of hydrogen-bond donors (Lipinski definition) is 0. The van der Waals surface area contributed by atoms with Crippen LogP contribution >= 0.6 is 82.3 Å². The highest BCUT2D eigenvalue weighted by Gasteiger charge is 2.25. The SMILES string of the molecule is C(CSC(COCC1CS1)CSCC(COCC1CS1)SCCOCC1CS1)OCC1CS1. The molecule has 4 fully saturated rings. The van der Waals surface area contributed by atoms with E-state index in [1.54, 1.807) is 0 Å². The second-order valence-corrected chi connectivity index (χ2v) is 17.8. The van der Waals surface area contributed by atoms with Crippen LogP contribution in [-0.4, -0.2) is 130 Å². The fourth-order valence-corrected chi connectivity index (χ4v) is 8.30. The second kappa shape index (κ2) is 17.0. The fraction of sp³-hybridized carbons (Fsp3) is 1.00. The molecule has 4 heterocycles. The number of thioether (sulfide) groups is 7. The van der Waals surface area contributed by atoms with Crippen molar-refractivity contribution in [2.75, 3.05) is 98.9 Å². The molecule has 4 aliphatic rings. The van der Waals surface area contributed by atoms with Crippen molar-refractivity contribution in [3.8, 4) is 0 Å².